The first-order valence-corrected chi connectivity index (χ1v) is 6.29. The van der Waals surface area contributed by atoms with Crippen molar-refractivity contribution in [3.63, 3.8) is 0 Å². The Kier molecular flexibility index (Phi) is 3.81. The Morgan fingerprint density at radius 3 is 2.94 bits per heavy atom. The van der Waals surface area contributed by atoms with E-state index in [1.807, 2.05) is 0 Å². The first-order valence-electron chi connectivity index (χ1n) is 6.29. The average molecular weight is 249 g/mol. The number of nitrogens with two attached hydrogens (primary N) is 1. The molecule has 18 heavy (non-hydrogen) atoms. The molecular formula is C13H19N3O2. The maximum Gasteiger partial charge on any atom is 0.253 e. The first kappa shape index (κ1) is 12.8. The highest BCUT2D eigenvalue weighted by Gasteiger charge is 2.25. The number of carbonyl (C=O) groups is 1. The molecule has 0 spiro atoms. The molecule has 1 fully saturated rings. The highest BCUT2D eigenvalue weighted by molar-refractivity contribution is 5.96. The minimum Gasteiger partial charge on any atom is -0.397 e. The molecule has 2 rings (SSSR count). The Labute approximate surface area is 106 Å². The fourth-order valence-corrected chi connectivity index (χ4v) is 2.30. The molecule has 1 aliphatic carbocycles. The summed E-state index contributed by atoms with van der Waals surface area (Å²) in [6.07, 6.45) is 4.71. The zero-order valence-electron chi connectivity index (χ0n) is 10.5. The van der Waals surface area contributed by atoms with Gasteiger partial charge in [0.25, 0.3) is 5.91 Å². The molecule has 1 aliphatic rings. The van der Waals surface area contributed by atoms with Crippen LogP contribution in [-0.4, -0.2) is 28.1 Å². The van der Waals surface area contributed by atoms with E-state index in [4.69, 9.17) is 5.73 Å². The summed E-state index contributed by atoms with van der Waals surface area (Å²) in [7, 11) is 0. The van der Waals surface area contributed by atoms with Crippen molar-refractivity contribution in [2.24, 2.45) is 0 Å². The quantitative estimate of drug-likeness (QED) is 0.729. The van der Waals surface area contributed by atoms with Crippen LogP contribution in [-0.2, 0) is 0 Å². The molecule has 1 saturated carbocycles. The maximum atomic E-state index is 12.1. The number of hydrogen-bond acceptors (Lipinski definition) is 4. The van der Waals surface area contributed by atoms with Crippen LogP contribution >= 0.6 is 0 Å². The van der Waals surface area contributed by atoms with E-state index in [1.54, 1.807) is 13.0 Å². The van der Waals surface area contributed by atoms with Gasteiger partial charge in [0.2, 0.25) is 0 Å². The smallest absolute Gasteiger partial charge is 0.253 e. The average Bonchev–Trinajstić information content (AvgIpc) is 2.35. The van der Waals surface area contributed by atoms with Crippen molar-refractivity contribution in [3.8, 4) is 0 Å². The third-order valence-electron chi connectivity index (χ3n) is 3.40. The predicted molar refractivity (Wildman–Crippen MR) is 69.1 cm³/mol. The fourth-order valence-electron chi connectivity index (χ4n) is 2.30. The van der Waals surface area contributed by atoms with Crippen molar-refractivity contribution in [2.75, 3.05) is 5.73 Å². The van der Waals surface area contributed by atoms with Gasteiger partial charge >= 0.3 is 0 Å². The van der Waals surface area contributed by atoms with Crippen LogP contribution in [0.25, 0.3) is 0 Å². The number of nitrogens with one attached hydrogen (secondary N) is 1. The Bertz CT molecular complexity index is 448. The molecule has 2 atom stereocenters. The van der Waals surface area contributed by atoms with Crippen molar-refractivity contribution >= 4 is 11.6 Å². The lowest BCUT2D eigenvalue weighted by atomic mass is 9.92. The molecular weight excluding hydrogens is 230 g/mol. The zero-order valence-corrected chi connectivity index (χ0v) is 10.5. The number of nitrogens with zero attached hydrogens (tertiary/aromatic N) is 1. The summed E-state index contributed by atoms with van der Waals surface area (Å²) >= 11 is 0. The summed E-state index contributed by atoms with van der Waals surface area (Å²) in [4.78, 5) is 16.2. The molecule has 1 aromatic heterocycles. The van der Waals surface area contributed by atoms with Crippen molar-refractivity contribution < 1.29 is 9.90 Å². The Morgan fingerprint density at radius 1 is 1.50 bits per heavy atom. The zero-order chi connectivity index (χ0) is 13.1. The van der Waals surface area contributed by atoms with Gasteiger partial charge in [-0.15, -0.1) is 0 Å². The van der Waals surface area contributed by atoms with Gasteiger partial charge in [-0.05, 0) is 25.8 Å². The minimum absolute atomic E-state index is 0.160. The van der Waals surface area contributed by atoms with Crippen molar-refractivity contribution in [3.05, 3.63) is 23.5 Å². The summed E-state index contributed by atoms with van der Waals surface area (Å²) in [6, 6.07) is 1.46. The van der Waals surface area contributed by atoms with Gasteiger partial charge in [0.15, 0.2) is 0 Å². The molecule has 1 heterocycles. The number of aryl methyl sites for hydroxylation is 1. The number of hydrogen-bond donors (Lipinski definition) is 3. The summed E-state index contributed by atoms with van der Waals surface area (Å²) in [5, 5.41) is 12.7. The first-order chi connectivity index (χ1) is 8.58. The van der Waals surface area contributed by atoms with Gasteiger partial charge in [-0.2, -0.15) is 0 Å². The second-order valence-electron chi connectivity index (χ2n) is 4.83. The summed E-state index contributed by atoms with van der Waals surface area (Å²) in [5.74, 6) is -0.210. The molecule has 1 aromatic rings. The number of aromatic nitrogens is 1. The molecule has 0 radical (unpaired) electrons. The molecule has 98 valence electrons. The second kappa shape index (κ2) is 5.35. The SMILES string of the molecule is Cc1ncc(N)cc1C(=O)NC1CCCCC1O. The second-order valence-corrected chi connectivity index (χ2v) is 4.83. The number of aliphatic hydroxyl groups excluding tert-OH is 1. The van der Waals surface area contributed by atoms with E-state index in [1.165, 1.54) is 6.20 Å². The van der Waals surface area contributed by atoms with E-state index in [2.05, 4.69) is 10.3 Å². The predicted octanol–water partition coefficient (Wildman–Crippen LogP) is 1.01. The van der Waals surface area contributed by atoms with Crippen LogP contribution in [0.4, 0.5) is 5.69 Å². The lowest BCUT2D eigenvalue weighted by Crippen LogP contribution is -2.45. The van der Waals surface area contributed by atoms with Crippen molar-refractivity contribution in [2.45, 2.75) is 44.8 Å². The number of aliphatic hydroxyl groups is 1. The minimum atomic E-state index is -0.447. The van der Waals surface area contributed by atoms with E-state index in [0.29, 0.717) is 16.9 Å². The normalized spacial score (nSPS) is 23.7. The summed E-state index contributed by atoms with van der Waals surface area (Å²) < 4.78 is 0. The monoisotopic (exact) mass is 249 g/mol. The Hall–Kier alpha value is -1.62. The summed E-state index contributed by atoms with van der Waals surface area (Å²) in [5.41, 5.74) is 7.23. The molecule has 1 amide bonds. The third kappa shape index (κ3) is 2.79. The van der Waals surface area contributed by atoms with Gasteiger partial charge in [-0.25, -0.2) is 0 Å². The number of amides is 1. The number of nitrogen functional groups attached to an aromatic ring is 1. The van der Waals surface area contributed by atoms with Gasteiger partial charge in [-0.1, -0.05) is 12.8 Å². The third-order valence-corrected chi connectivity index (χ3v) is 3.40. The van der Waals surface area contributed by atoms with Crippen LogP contribution in [0.3, 0.4) is 0 Å². The lowest BCUT2D eigenvalue weighted by molar-refractivity contribution is 0.0716. The molecule has 0 aliphatic heterocycles. The summed E-state index contributed by atoms with van der Waals surface area (Å²) in [6.45, 7) is 1.77. The molecule has 0 bridgehead atoms. The van der Waals surface area contributed by atoms with Gasteiger partial charge in [0.05, 0.1) is 35.3 Å². The van der Waals surface area contributed by atoms with Crippen molar-refractivity contribution in [1.29, 1.82) is 0 Å². The van der Waals surface area contributed by atoms with E-state index >= 15 is 0 Å². The van der Waals surface area contributed by atoms with E-state index in [-0.39, 0.29) is 11.9 Å². The molecule has 5 nitrogen and oxygen atoms in total. The van der Waals surface area contributed by atoms with E-state index in [9.17, 15) is 9.90 Å². The largest absolute Gasteiger partial charge is 0.397 e. The topological polar surface area (TPSA) is 88.2 Å². The molecule has 0 aromatic carbocycles. The van der Waals surface area contributed by atoms with Crippen LogP contribution in [0.5, 0.6) is 0 Å². The van der Waals surface area contributed by atoms with Gasteiger partial charge in [0, 0.05) is 0 Å². The highest BCUT2D eigenvalue weighted by Crippen LogP contribution is 2.19. The van der Waals surface area contributed by atoms with Crippen LogP contribution in [0.2, 0.25) is 0 Å². The van der Waals surface area contributed by atoms with Crippen LogP contribution in [0, 0.1) is 6.92 Å². The van der Waals surface area contributed by atoms with Crippen molar-refractivity contribution in [1.82, 2.24) is 10.3 Å². The molecule has 2 unspecified atom stereocenters. The van der Waals surface area contributed by atoms with Crippen LogP contribution in [0.15, 0.2) is 12.3 Å². The highest BCUT2D eigenvalue weighted by atomic mass is 16.3. The van der Waals surface area contributed by atoms with Gasteiger partial charge in [-0.3, -0.25) is 9.78 Å². The standard InChI is InChI=1S/C13H19N3O2/c1-8-10(6-9(14)7-15-8)13(18)16-11-4-2-3-5-12(11)17/h6-7,11-12,17H,2-5,14H2,1H3,(H,16,18). The number of pyridine rings is 1. The number of rotatable bonds is 2. The maximum absolute atomic E-state index is 12.1. The molecule has 5 heteroatoms. The van der Waals surface area contributed by atoms with Crippen LogP contribution < -0.4 is 11.1 Å². The van der Waals surface area contributed by atoms with E-state index in [0.717, 1.165) is 25.7 Å². The number of carbonyl (C=O) groups excluding carboxylic acids is 1. The Balaban J connectivity index is 2.09. The molecule has 0 saturated heterocycles. The lowest BCUT2D eigenvalue weighted by Gasteiger charge is -2.28. The Morgan fingerprint density at radius 2 is 2.22 bits per heavy atom. The van der Waals surface area contributed by atoms with E-state index < -0.39 is 6.10 Å². The molecule has 4 N–H and O–H groups in total. The number of anilines is 1. The van der Waals surface area contributed by atoms with Crippen LogP contribution in [0.1, 0.15) is 41.7 Å². The fraction of sp³-hybridized carbons (Fsp3) is 0.538. The van der Waals surface area contributed by atoms with Gasteiger partial charge < -0.3 is 16.2 Å². The van der Waals surface area contributed by atoms with Gasteiger partial charge in [0.1, 0.15) is 0 Å².